The van der Waals surface area contributed by atoms with Gasteiger partial charge < -0.3 is 10.2 Å². The van der Waals surface area contributed by atoms with E-state index in [1.54, 1.807) is 18.2 Å². The second-order valence-corrected chi connectivity index (χ2v) is 7.67. The van der Waals surface area contributed by atoms with Crippen molar-refractivity contribution in [3.63, 3.8) is 0 Å². The lowest BCUT2D eigenvalue weighted by Gasteiger charge is -2.16. The number of nitrogens with one attached hydrogen (secondary N) is 1. The molecule has 0 bridgehead atoms. The van der Waals surface area contributed by atoms with Crippen LogP contribution in [0.25, 0.3) is 5.69 Å². The standard InChI is InChI=1S/C23H21F3N4O2/c1-15-14-17(22(32)29-11-2-3-12-29)6-9-19(15)27-21(31)16-4-7-18(8-5-16)30-13-10-20(28-30)23(24,25)26/h4-10,13-14H,2-3,11-12H2,1H3,(H,27,31). The lowest BCUT2D eigenvalue weighted by atomic mass is 10.1. The fraction of sp³-hybridized carbons (Fsp3) is 0.261. The van der Waals surface area contributed by atoms with Gasteiger partial charge >= 0.3 is 6.18 Å². The molecular formula is C23H21F3N4O2. The van der Waals surface area contributed by atoms with Gasteiger partial charge in [-0.3, -0.25) is 9.59 Å². The van der Waals surface area contributed by atoms with Crippen molar-refractivity contribution in [1.82, 2.24) is 14.7 Å². The maximum absolute atomic E-state index is 12.7. The first-order valence-corrected chi connectivity index (χ1v) is 10.2. The van der Waals surface area contributed by atoms with Crippen LogP contribution in [-0.2, 0) is 6.18 Å². The molecule has 0 saturated carbocycles. The van der Waals surface area contributed by atoms with Crippen LogP contribution in [0.1, 0.15) is 44.8 Å². The van der Waals surface area contributed by atoms with Crippen molar-refractivity contribution in [3.05, 3.63) is 77.1 Å². The Balaban J connectivity index is 1.44. The number of nitrogens with zero attached hydrogens (tertiary/aromatic N) is 3. The molecule has 1 fully saturated rings. The Morgan fingerprint density at radius 3 is 2.22 bits per heavy atom. The highest BCUT2D eigenvalue weighted by atomic mass is 19.4. The third-order valence-corrected chi connectivity index (χ3v) is 5.39. The number of halogens is 3. The van der Waals surface area contributed by atoms with E-state index in [4.69, 9.17) is 0 Å². The number of amides is 2. The molecule has 2 heterocycles. The molecule has 0 aliphatic carbocycles. The molecule has 32 heavy (non-hydrogen) atoms. The van der Waals surface area contributed by atoms with Crippen molar-refractivity contribution in [2.45, 2.75) is 25.9 Å². The smallest absolute Gasteiger partial charge is 0.339 e. The number of carbonyl (C=O) groups excluding carboxylic acids is 2. The zero-order valence-electron chi connectivity index (χ0n) is 17.3. The predicted molar refractivity (Wildman–Crippen MR) is 113 cm³/mol. The quantitative estimate of drug-likeness (QED) is 0.638. The Labute approximate surface area is 182 Å². The summed E-state index contributed by atoms with van der Waals surface area (Å²) in [5, 5.41) is 6.33. The van der Waals surface area contributed by atoms with Gasteiger partial charge in [0, 0.05) is 36.1 Å². The molecule has 0 spiro atoms. The van der Waals surface area contributed by atoms with Crippen LogP contribution >= 0.6 is 0 Å². The molecule has 1 saturated heterocycles. The molecule has 2 aromatic carbocycles. The maximum atomic E-state index is 12.7. The highest BCUT2D eigenvalue weighted by molar-refractivity contribution is 6.05. The van der Waals surface area contributed by atoms with Crippen molar-refractivity contribution in [1.29, 1.82) is 0 Å². The number of hydrogen-bond donors (Lipinski definition) is 1. The summed E-state index contributed by atoms with van der Waals surface area (Å²) in [6, 6.07) is 12.1. The van der Waals surface area contributed by atoms with Gasteiger partial charge in [0.2, 0.25) is 0 Å². The largest absolute Gasteiger partial charge is 0.435 e. The van der Waals surface area contributed by atoms with E-state index in [2.05, 4.69) is 10.4 Å². The van der Waals surface area contributed by atoms with Gasteiger partial charge in [-0.2, -0.15) is 18.3 Å². The summed E-state index contributed by atoms with van der Waals surface area (Å²) in [7, 11) is 0. The van der Waals surface area contributed by atoms with Crippen LogP contribution in [0.2, 0.25) is 0 Å². The van der Waals surface area contributed by atoms with Crippen LogP contribution in [0.3, 0.4) is 0 Å². The number of likely N-dealkylation sites (tertiary alicyclic amines) is 1. The second-order valence-electron chi connectivity index (χ2n) is 7.67. The molecule has 1 aromatic heterocycles. The summed E-state index contributed by atoms with van der Waals surface area (Å²) in [5.41, 5.74) is 1.69. The summed E-state index contributed by atoms with van der Waals surface area (Å²) in [5.74, 6) is -0.374. The first-order valence-electron chi connectivity index (χ1n) is 10.2. The third-order valence-electron chi connectivity index (χ3n) is 5.39. The Kier molecular flexibility index (Phi) is 5.73. The normalized spacial score (nSPS) is 13.9. The molecular weight excluding hydrogens is 421 g/mol. The molecule has 166 valence electrons. The predicted octanol–water partition coefficient (Wildman–Crippen LogP) is 4.69. The number of rotatable bonds is 4. The molecule has 0 unspecified atom stereocenters. The zero-order chi connectivity index (χ0) is 22.9. The van der Waals surface area contributed by atoms with Gasteiger partial charge in [0.1, 0.15) is 0 Å². The summed E-state index contributed by atoms with van der Waals surface area (Å²) in [6.45, 7) is 3.35. The number of aromatic nitrogens is 2. The van der Waals surface area contributed by atoms with Crippen molar-refractivity contribution < 1.29 is 22.8 Å². The lowest BCUT2D eigenvalue weighted by Crippen LogP contribution is -2.27. The van der Waals surface area contributed by atoms with Crippen molar-refractivity contribution in [3.8, 4) is 5.69 Å². The average Bonchev–Trinajstić information content (AvgIpc) is 3.47. The van der Waals surface area contributed by atoms with E-state index in [1.807, 2.05) is 11.8 Å². The van der Waals surface area contributed by atoms with E-state index in [0.717, 1.165) is 42.2 Å². The first-order chi connectivity index (χ1) is 15.2. The summed E-state index contributed by atoms with van der Waals surface area (Å²) in [4.78, 5) is 27.0. The molecule has 1 aliphatic heterocycles. The first kappa shape index (κ1) is 21.6. The molecule has 3 aromatic rings. The van der Waals surface area contributed by atoms with Crippen LogP contribution in [0.5, 0.6) is 0 Å². The average molecular weight is 442 g/mol. The number of alkyl halides is 3. The summed E-state index contributed by atoms with van der Waals surface area (Å²) < 4.78 is 39.3. The number of hydrogen-bond acceptors (Lipinski definition) is 3. The molecule has 6 nitrogen and oxygen atoms in total. The minimum Gasteiger partial charge on any atom is -0.339 e. The van der Waals surface area contributed by atoms with Gasteiger partial charge in [-0.25, -0.2) is 4.68 Å². The molecule has 0 atom stereocenters. The van der Waals surface area contributed by atoms with E-state index in [1.165, 1.54) is 30.5 Å². The number of anilines is 1. The fourth-order valence-electron chi connectivity index (χ4n) is 3.62. The van der Waals surface area contributed by atoms with Crippen LogP contribution < -0.4 is 5.32 Å². The SMILES string of the molecule is Cc1cc(C(=O)N2CCCC2)ccc1NC(=O)c1ccc(-n2ccc(C(F)(F)F)n2)cc1. The highest BCUT2D eigenvalue weighted by Crippen LogP contribution is 2.28. The van der Waals surface area contributed by atoms with Crippen LogP contribution in [0.15, 0.2) is 54.7 Å². The van der Waals surface area contributed by atoms with E-state index in [0.29, 0.717) is 22.5 Å². The Bertz CT molecular complexity index is 1150. The minimum absolute atomic E-state index is 0.00799. The minimum atomic E-state index is -4.52. The zero-order valence-corrected chi connectivity index (χ0v) is 17.3. The van der Waals surface area contributed by atoms with Gasteiger partial charge in [-0.1, -0.05) is 0 Å². The number of aryl methyl sites for hydroxylation is 1. The summed E-state index contributed by atoms with van der Waals surface area (Å²) in [6.07, 6.45) is -1.27. The molecule has 0 radical (unpaired) electrons. The molecule has 4 rings (SSSR count). The Morgan fingerprint density at radius 1 is 0.969 bits per heavy atom. The molecule has 1 N–H and O–H groups in total. The summed E-state index contributed by atoms with van der Waals surface area (Å²) >= 11 is 0. The maximum Gasteiger partial charge on any atom is 0.435 e. The van der Waals surface area contributed by atoms with Crippen LogP contribution in [0.4, 0.5) is 18.9 Å². The van der Waals surface area contributed by atoms with E-state index in [-0.39, 0.29) is 11.8 Å². The number of carbonyl (C=O) groups is 2. The Hall–Kier alpha value is -3.62. The molecule has 9 heteroatoms. The van der Waals surface area contributed by atoms with Crippen LogP contribution in [0, 0.1) is 6.92 Å². The topological polar surface area (TPSA) is 67.2 Å². The second kappa shape index (κ2) is 8.49. The Morgan fingerprint density at radius 2 is 1.62 bits per heavy atom. The highest BCUT2D eigenvalue weighted by Gasteiger charge is 2.33. The van der Waals surface area contributed by atoms with E-state index >= 15 is 0 Å². The van der Waals surface area contributed by atoms with Crippen molar-refractivity contribution >= 4 is 17.5 Å². The third kappa shape index (κ3) is 4.51. The lowest BCUT2D eigenvalue weighted by molar-refractivity contribution is -0.141. The monoisotopic (exact) mass is 442 g/mol. The van der Waals surface area contributed by atoms with Gasteiger partial charge in [0.15, 0.2) is 5.69 Å². The fourth-order valence-corrected chi connectivity index (χ4v) is 3.62. The van der Waals surface area contributed by atoms with E-state index < -0.39 is 11.9 Å². The van der Waals surface area contributed by atoms with Crippen molar-refractivity contribution in [2.75, 3.05) is 18.4 Å². The van der Waals surface area contributed by atoms with Gasteiger partial charge in [-0.05, 0) is 73.9 Å². The van der Waals surface area contributed by atoms with E-state index in [9.17, 15) is 22.8 Å². The van der Waals surface area contributed by atoms with Gasteiger partial charge in [0.25, 0.3) is 11.8 Å². The van der Waals surface area contributed by atoms with Gasteiger partial charge in [0.05, 0.1) is 5.69 Å². The van der Waals surface area contributed by atoms with Crippen LogP contribution in [-0.4, -0.2) is 39.6 Å². The molecule has 2 amide bonds. The van der Waals surface area contributed by atoms with Gasteiger partial charge in [-0.15, -0.1) is 0 Å². The number of benzene rings is 2. The van der Waals surface area contributed by atoms with Crippen molar-refractivity contribution in [2.24, 2.45) is 0 Å². The molecule has 1 aliphatic rings.